The lowest BCUT2D eigenvalue weighted by molar-refractivity contribution is -0.526. The summed E-state index contributed by atoms with van der Waals surface area (Å²) in [7, 11) is 0. The molecule has 2 aromatic rings. The number of furan rings is 1. The van der Waals surface area contributed by atoms with Crippen LogP contribution in [0.5, 0.6) is 0 Å². The second-order valence-electron chi connectivity index (χ2n) is 7.14. The van der Waals surface area contributed by atoms with Gasteiger partial charge in [0.05, 0.1) is 17.9 Å². The van der Waals surface area contributed by atoms with Gasteiger partial charge in [-0.1, -0.05) is 6.08 Å². The molecule has 0 unspecified atom stereocenters. The number of aliphatic carboxylic acids is 1. The molecule has 0 saturated heterocycles. The molecule has 0 aliphatic heterocycles. The number of carboxylic acid groups (broad SMARTS) is 1. The van der Waals surface area contributed by atoms with Gasteiger partial charge in [0.15, 0.2) is 5.89 Å². The zero-order valence-corrected chi connectivity index (χ0v) is 17.0. The van der Waals surface area contributed by atoms with Gasteiger partial charge in [0.1, 0.15) is 17.3 Å². The highest BCUT2D eigenvalue weighted by atomic mass is 32.2. The number of nitrogens with zero attached hydrogens (tertiary/aromatic N) is 2. The first-order valence-corrected chi connectivity index (χ1v) is 10.7. The molecule has 1 fully saturated rings. The van der Waals surface area contributed by atoms with Crippen LogP contribution in [0.15, 0.2) is 27.0 Å². The second kappa shape index (κ2) is 9.78. The fourth-order valence-corrected chi connectivity index (χ4v) is 3.97. The molecule has 0 bridgehead atoms. The van der Waals surface area contributed by atoms with Gasteiger partial charge in [-0.15, -0.1) is 11.8 Å². The number of oxazole rings is 1. The quantitative estimate of drug-likeness (QED) is 0.362. The molecule has 3 rings (SSSR count). The molecular formula is C20H24N2O6S. The molecule has 0 amide bonds. The molecule has 1 aliphatic carbocycles. The van der Waals surface area contributed by atoms with Crippen LogP contribution in [0.3, 0.4) is 0 Å². The third-order valence-corrected chi connectivity index (χ3v) is 5.88. The molecule has 1 saturated carbocycles. The molecule has 1 N–H and O–H groups in total. The zero-order chi connectivity index (χ0) is 20.8. The summed E-state index contributed by atoms with van der Waals surface area (Å²) in [5, 5.41) is 19.5. The molecule has 29 heavy (non-hydrogen) atoms. The first-order valence-electron chi connectivity index (χ1n) is 9.57. The molecule has 8 nitrogen and oxygen atoms in total. The predicted molar refractivity (Wildman–Crippen MR) is 109 cm³/mol. The number of hydrogen-bond acceptors (Lipinski definition) is 7. The van der Waals surface area contributed by atoms with E-state index in [9.17, 15) is 14.9 Å². The molecule has 0 atom stereocenters. The average Bonchev–Trinajstić information content (AvgIpc) is 3.28. The van der Waals surface area contributed by atoms with E-state index in [1.807, 2.05) is 31.2 Å². The van der Waals surface area contributed by atoms with Crippen molar-refractivity contribution in [2.75, 3.05) is 11.5 Å². The van der Waals surface area contributed by atoms with E-state index in [0.29, 0.717) is 36.7 Å². The maximum absolute atomic E-state index is 10.9. The van der Waals surface area contributed by atoms with Gasteiger partial charge in [-0.05, 0) is 38.0 Å². The van der Waals surface area contributed by atoms with E-state index in [1.165, 1.54) is 11.8 Å². The largest absolute Gasteiger partial charge is 0.481 e. The minimum Gasteiger partial charge on any atom is -0.481 e. The third kappa shape index (κ3) is 5.96. The van der Waals surface area contributed by atoms with Gasteiger partial charge in [0.2, 0.25) is 6.04 Å². The summed E-state index contributed by atoms with van der Waals surface area (Å²) in [5.74, 6) is 2.88. The van der Waals surface area contributed by atoms with Crippen LogP contribution < -0.4 is 0 Å². The lowest BCUT2D eigenvalue weighted by atomic mass is 9.86. The number of nitro groups is 1. The molecule has 156 valence electrons. The Bertz CT molecular complexity index is 879. The van der Waals surface area contributed by atoms with Crippen molar-refractivity contribution >= 4 is 23.8 Å². The van der Waals surface area contributed by atoms with Gasteiger partial charge in [0.25, 0.3) is 0 Å². The van der Waals surface area contributed by atoms with Crippen molar-refractivity contribution in [3.05, 3.63) is 57.2 Å². The third-order valence-electron chi connectivity index (χ3n) is 5.00. The van der Waals surface area contributed by atoms with Gasteiger partial charge in [-0.3, -0.25) is 14.9 Å². The van der Waals surface area contributed by atoms with E-state index in [0.717, 1.165) is 30.1 Å². The Morgan fingerprint density at radius 3 is 2.79 bits per heavy atom. The Hall–Kier alpha value is -2.55. The highest BCUT2D eigenvalue weighted by Crippen LogP contribution is 2.34. The van der Waals surface area contributed by atoms with Crippen molar-refractivity contribution in [2.45, 2.75) is 51.0 Å². The number of hydrogen-bond donors (Lipinski definition) is 1. The Balaban J connectivity index is 1.55. The van der Waals surface area contributed by atoms with Crippen molar-refractivity contribution in [2.24, 2.45) is 0 Å². The van der Waals surface area contributed by atoms with Crippen LogP contribution >= 0.6 is 11.8 Å². The summed E-state index contributed by atoms with van der Waals surface area (Å²) in [4.78, 5) is 25.8. The molecular weight excluding hydrogens is 396 g/mol. The van der Waals surface area contributed by atoms with E-state index in [1.54, 1.807) is 0 Å². The number of carbonyl (C=O) groups is 1. The zero-order valence-electron chi connectivity index (χ0n) is 16.2. The Morgan fingerprint density at radius 1 is 1.34 bits per heavy atom. The Labute approximate surface area is 172 Å². The molecule has 9 heteroatoms. The first-order chi connectivity index (χ1) is 13.9. The molecule has 2 aromatic heterocycles. The number of aryl methyl sites for hydroxylation is 1. The monoisotopic (exact) mass is 420 g/mol. The number of aromatic nitrogens is 1. The maximum Gasteiger partial charge on any atom is 0.313 e. The molecule has 0 radical (unpaired) electrons. The van der Waals surface area contributed by atoms with Crippen LogP contribution in [0.2, 0.25) is 0 Å². The van der Waals surface area contributed by atoms with Crippen LogP contribution in [-0.4, -0.2) is 38.5 Å². The lowest BCUT2D eigenvalue weighted by Crippen LogP contribution is -2.25. The summed E-state index contributed by atoms with van der Waals surface area (Å²) >= 11 is 1.32. The van der Waals surface area contributed by atoms with Crippen LogP contribution in [-0.2, 0) is 11.2 Å². The van der Waals surface area contributed by atoms with Crippen molar-refractivity contribution in [3.63, 3.8) is 0 Å². The second-order valence-corrected chi connectivity index (χ2v) is 8.17. The van der Waals surface area contributed by atoms with Gasteiger partial charge in [0, 0.05) is 29.4 Å². The van der Waals surface area contributed by atoms with E-state index >= 15 is 0 Å². The fraction of sp³-hybridized carbons (Fsp3) is 0.500. The van der Waals surface area contributed by atoms with Gasteiger partial charge >= 0.3 is 5.97 Å². The first kappa shape index (κ1) is 21.2. The van der Waals surface area contributed by atoms with E-state index < -0.39 is 12.0 Å². The maximum atomic E-state index is 10.9. The summed E-state index contributed by atoms with van der Waals surface area (Å²) < 4.78 is 11.6. The van der Waals surface area contributed by atoms with Crippen LogP contribution in [0.1, 0.15) is 60.5 Å². The van der Waals surface area contributed by atoms with Crippen molar-refractivity contribution in [1.29, 1.82) is 0 Å². The van der Waals surface area contributed by atoms with Gasteiger partial charge in [-0.25, -0.2) is 4.98 Å². The lowest BCUT2D eigenvalue weighted by Gasteiger charge is -2.21. The minimum atomic E-state index is -0.822. The smallest absolute Gasteiger partial charge is 0.313 e. The molecule has 0 aromatic carbocycles. The van der Waals surface area contributed by atoms with Crippen molar-refractivity contribution < 1.29 is 23.7 Å². The highest BCUT2D eigenvalue weighted by molar-refractivity contribution is 8.00. The Kier molecular flexibility index (Phi) is 7.13. The predicted octanol–water partition coefficient (Wildman–Crippen LogP) is 4.30. The minimum absolute atomic E-state index is 0.0786. The summed E-state index contributed by atoms with van der Waals surface area (Å²) in [6, 6.07) is 3.31. The molecule has 0 spiro atoms. The molecule has 1 aliphatic rings. The van der Waals surface area contributed by atoms with E-state index in [-0.39, 0.29) is 16.6 Å². The number of carboxylic acids is 1. The van der Waals surface area contributed by atoms with Crippen LogP contribution in [0.25, 0.3) is 6.08 Å². The standard InChI is InChI=1S/C20H24N2O6S/c1-13-18(21-20(27-13)14-4-6-15(7-5-14)22(25)26)11-17-9-8-16(28-17)3-2-10-29-12-19(23)24/h2-3,8-9,14-15H,4-7,10-12H2,1H3,(H,23,24)/b3-2+. The van der Waals surface area contributed by atoms with Crippen molar-refractivity contribution in [1.82, 2.24) is 4.98 Å². The van der Waals surface area contributed by atoms with Crippen LogP contribution in [0, 0.1) is 17.0 Å². The van der Waals surface area contributed by atoms with Crippen molar-refractivity contribution in [3.8, 4) is 0 Å². The SMILES string of the molecule is Cc1oc(C2CCC([N+](=O)[O-])CC2)nc1Cc1ccc(/C=C/CSCC(=O)O)o1. The van der Waals surface area contributed by atoms with E-state index in [2.05, 4.69) is 4.98 Å². The normalized spacial score (nSPS) is 19.6. The van der Waals surface area contributed by atoms with Gasteiger partial charge < -0.3 is 13.9 Å². The topological polar surface area (TPSA) is 120 Å². The van der Waals surface area contributed by atoms with Crippen LogP contribution in [0.4, 0.5) is 0 Å². The number of thioether (sulfide) groups is 1. The summed E-state index contributed by atoms with van der Waals surface area (Å²) in [5.41, 5.74) is 0.818. The fourth-order valence-electron chi connectivity index (χ4n) is 3.45. The number of rotatable bonds is 9. The highest BCUT2D eigenvalue weighted by Gasteiger charge is 2.31. The molecule has 2 heterocycles. The Morgan fingerprint density at radius 2 is 2.10 bits per heavy atom. The summed E-state index contributed by atoms with van der Waals surface area (Å²) in [6.45, 7) is 1.87. The van der Waals surface area contributed by atoms with E-state index in [4.69, 9.17) is 13.9 Å². The summed E-state index contributed by atoms with van der Waals surface area (Å²) in [6.07, 6.45) is 6.78. The average molecular weight is 420 g/mol. The van der Waals surface area contributed by atoms with Gasteiger partial charge in [-0.2, -0.15) is 0 Å².